The van der Waals surface area contributed by atoms with Crippen LogP contribution in [0.5, 0.6) is 0 Å². The van der Waals surface area contributed by atoms with E-state index in [2.05, 4.69) is 17.6 Å². The lowest BCUT2D eigenvalue weighted by Gasteiger charge is -2.14. The molecule has 0 fully saturated rings. The lowest BCUT2D eigenvalue weighted by atomic mass is 10.1. The topological polar surface area (TPSA) is 41.1 Å². The third kappa shape index (κ3) is 3.26. The predicted molar refractivity (Wildman–Crippen MR) is 67.8 cm³/mol. The summed E-state index contributed by atoms with van der Waals surface area (Å²) in [5.74, 6) is -0.00843. The van der Waals surface area contributed by atoms with Crippen LogP contribution in [0.4, 0.5) is 5.69 Å². The molecule has 0 saturated carbocycles. The maximum atomic E-state index is 12.0. The summed E-state index contributed by atoms with van der Waals surface area (Å²) in [5, 5.41) is 6.01. The largest absolute Gasteiger partial charge is 0.387 e. The monoisotopic (exact) mass is 220 g/mol. The fourth-order valence-electron chi connectivity index (χ4n) is 1.71. The van der Waals surface area contributed by atoms with Gasteiger partial charge in [-0.15, -0.1) is 0 Å². The zero-order chi connectivity index (χ0) is 12.0. The zero-order valence-corrected chi connectivity index (χ0v) is 10.2. The van der Waals surface area contributed by atoms with E-state index >= 15 is 0 Å². The predicted octanol–water partition coefficient (Wildman–Crippen LogP) is 2.65. The molecule has 1 unspecified atom stereocenters. The van der Waals surface area contributed by atoms with Crippen LogP contribution >= 0.6 is 0 Å². The van der Waals surface area contributed by atoms with Crippen molar-refractivity contribution < 1.29 is 4.79 Å². The SMILES string of the molecule is CCCC(C)NC(=O)c1ccccc1NC. The summed E-state index contributed by atoms with van der Waals surface area (Å²) in [7, 11) is 1.82. The first-order chi connectivity index (χ1) is 7.69. The number of hydrogen-bond acceptors (Lipinski definition) is 2. The summed E-state index contributed by atoms with van der Waals surface area (Å²) in [5.41, 5.74) is 1.57. The Kier molecular flexibility index (Phi) is 4.83. The third-order valence-corrected chi connectivity index (χ3v) is 2.54. The number of amides is 1. The van der Waals surface area contributed by atoms with E-state index in [-0.39, 0.29) is 11.9 Å². The van der Waals surface area contributed by atoms with E-state index in [4.69, 9.17) is 0 Å². The van der Waals surface area contributed by atoms with Gasteiger partial charge in [-0.3, -0.25) is 4.79 Å². The molecular weight excluding hydrogens is 200 g/mol. The molecule has 3 heteroatoms. The molecule has 0 aromatic heterocycles. The van der Waals surface area contributed by atoms with E-state index in [1.54, 1.807) is 0 Å². The van der Waals surface area contributed by atoms with Crippen molar-refractivity contribution in [3.63, 3.8) is 0 Å². The molecule has 0 radical (unpaired) electrons. The molecule has 0 spiro atoms. The average Bonchev–Trinajstić information content (AvgIpc) is 2.29. The molecular formula is C13H20N2O. The summed E-state index contributed by atoms with van der Waals surface area (Å²) in [6.07, 6.45) is 2.09. The van der Waals surface area contributed by atoms with Gasteiger partial charge in [-0.05, 0) is 25.5 Å². The molecule has 1 aromatic carbocycles. The number of rotatable bonds is 5. The quantitative estimate of drug-likeness (QED) is 0.801. The molecule has 1 atom stereocenters. The molecule has 0 aliphatic carbocycles. The van der Waals surface area contributed by atoms with E-state index in [0.29, 0.717) is 5.56 Å². The number of carbonyl (C=O) groups is 1. The van der Waals surface area contributed by atoms with Crippen molar-refractivity contribution >= 4 is 11.6 Å². The summed E-state index contributed by atoms with van der Waals surface area (Å²) in [6.45, 7) is 4.15. The van der Waals surface area contributed by atoms with Gasteiger partial charge in [0.05, 0.1) is 5.56 Å². The number of anilines is 1. The van der Waals surface area contributed by atoms with E-state index in [9.17, 15) is 4.79 Å². The Hall–Kier alpha value is -1.51. The molecule has 0 saturated heterocycles. The number of benzene rings is 1. The van der Waals surface area contributed by atoms with Crippen molar-refractivity contribution in [1.82, 2.24) is 5.32 Å². The van der Waals surface area contributed by atoms with Gasteiger partial charge in [0.1, 0.15) is 0 Å². The van der Waals surface area contributed by atoms with Gasteiger partial charge in [0.25, 0.3) is 5.91 Å². The highest BCUT2D eigenvalue weighted by molar-refractivity contribution is 5.99. The lowest BCUT2D eigenvalue weighted by Crippen LogP contribution is -2.32. The number of para-hydroxylation sites is 1. The first-order valence-electron chi connectivity index (χ1n) is 5.76. The molecule has 2 N–H and O–H groups in total. The van der Waals surface area contributed by atoms with Crippen LogP contribution < -0.4 is 10.6 Å². The van der Waals surface area contributed by atoms with E-state index in [0.717, 1.165) is 18.5 Å². The van der Waals surface area contributed by atoms with Crippen LogP contribution in [0.3, 0.4) is 0 Å². The molecule has 1 rings (SSSR count). The molecule has 3 nitrogen and oxygen atoms in total. The fourth-order valence-corrected chi connectivity index (χ4v) is 1.71. The summed E-state index contributed by atoms with van der Waals surface area (Å²) in [6, 6.07) is 7.75. The van der Waals surface area contributed by atoms with Gasteiger partial charge in [0, 0.05) is 18.8 Å². The molecule has 88 valence electrons. The van der Waals surface area contributed by atoms with Crippen LogP contribution in [0.2, 0.25) is 0 Å². The van der Waals surface area contributed by atoms with Crippen molar-refractivity contribution in [1.29, 1.82) is 0 Å². The second-order valence-electron chi connectivity index (χ2n) is 3.96. The van der Waals surface area contributed by atoms with Crippen LogP contribution in [0.1, 0.15) is 37.0 Å². The molecule has 1 amide bonds. The van der Waals surface area contributed by atoms with Crippen LogP contribution in [0.25, 0.3) is 0 Å². The van der Waals surface area contributed by atoms with E-state index < -0.39 is 0 Å². The smallest absolute Gasteiger partial charge is 0.253 e. The molecule has 0 aliphatic rings. The minimum atomic E-state index is -0.00843. The normalized spacial score (nSPS) is 11.9. The summed E-state index contributed by atoms with van der Waals surface area (Å²) >= 11 is 0. The van der Waals surface area contributed by atoms with Crippen LogP contribution in [-0.2, 0) is 0 Å². The maximum absolute atomic E-state index is 12.0. The summed E-state index contributed by atoms with van der Waals surface area (Å²) < 4.78 is 0. The fraction of sp³-hybridized carbons (Fsp3) is 0.462. The molecule has 1 aromatic rings. The minimum absolute atomic E-state index is 0.00843. The number of hydrogen-bond donors (Lipinski definition) is 2. The van der Waals surface area contributed by atoms with Crippen molar-refractivity contribution in [2.24, 2.45) is 0 Å². The van der Waals surface area contributed by atoms with Gasteiger partial charge in [-0.1, -0.05) is 25.5 Å². The van der Waals surface area contributed by atoms with Crippen molar-refractivity contribution in [2.75, 3.05) is 12.4 Å². The highest BCUT2D eigenvalue weighted by Gasteiger charge is 2.11. The van der Waals surface area contributed by atoms with Crippen molar-refractivity contribution in [3.8, 4) is 0 Å². The molecule has 16 heavy (non-hydrogen) atoms. The van der Waals surface area contributed by atoms with E-state index in [1.807, 2.05) is 38.2 Å². The Morgan fingerprint density at radius 2 is 2.06 bits per heavy atom. The van der Waals surface area contributed by atoms with Gasteiger partial charge in [-0.25, -0.2) is 0 Å². The van der Waals surface area contributed by atoms with Crippen LogP contribution in [-0.4, -0.2) is 19.0 Å². The first-order valence-corrected chi connectivity index (χ1v) is 5.76. The van der Waals surface area contributed by atoms with Gasteiger partial charge >= 0.3 is 0 Å². The Morgan fingerprint density at radius 3 is 2.69 bits per heavy atom. The van der Waals surface area contributed by atoms with Gasteiger partial charge < -0.3 is 10.6 Å². The standard InChI is InChI=1S/C13H20N2O/c1-4-7-10(2)15-13(16)11-8-5-6-9-12(11)14-3/h5-6,8-10,14H,4,7H2,1-3H3,(H,15,16). The van der Waals surface area contributed by atoms with E-state index in [1.165, 1.54) is 0 Å². The number of nitrogens with one attached hydrogen (secondary N) is 2. The Balaban J connectivity index is 2.72. The Labute approximate surface area is 97.2 Å². The average molecular weight is 220 g/mol. The second kappa shape index (κ2) is 6.16. The Bertz CT molecular complexity index is 350. The second-order valence-corrected chi connectivity index (χ2v) is 3.96. The molecule has 0 aliphatic heterocycles. The maximum Gasteiger partial charge on any atom is 0.253 e. The highest BCUT2D eigenvalue weighted by Crippen LogP contribution is 2.14. The van der Waals surface area contributed by atoms with Crippen LogP contribution in [0.15, 0.2) is 24.3 Å². The van der Waals surface area contributed by atoms with Gasteiger partial charge in [0.15, 0.2) is 0 Å². The summed E-state index contributed by atoms with van der Waals surface area (Å²) in [4.78, 5) is 12.0. The first kappa shape index (κ1) is 12.6. The highest BCUT2D eigenvalue weighted by atomic mass is 16.1. The molecule has 0 heterocycles. The van der Waals surface area contributed by atoms with Crippen molar-refractivity contribution in [3.05, 3.63) is 29.8 Å². The Morgan fingerprint density at radius 1 is 1.38 bits per heavy atom. The van der Waals surface area contributed by atoms with Crippen LogP contribution in [0, 0.1) is 0 Å². The minimum Gasteiger partial charge on any atom is -0.387 e. The molecule has 0 bridgehead atoms. The van der Waals surface area contributed by atoms with Gasteiger partial charge in [0.2, 0.25) is 0 Å². The van der Waals surface area contributed by atoms with Crippen molar-refractivity contribution in [2.45, 2.75) is 32.7 Å². The third-order valence-electron chi connectivity index (χ3n) is 2.54. The number of carbonyl (C=O) groups excluding carboxylic acids is 1. The lowest BCUT2D eigenvalue weighted by molar-refractivity contribution is 0.0939. The zero-order valence-electron chi connectivity index (χ0n) is 10.2. The van der Waals surface area contributed by atoms with Gasteiger partial charge in [-0.2, -0.15) is 0 Å².